The fraction of sp³-hybridized carbons (Fsp3) is 0.286. The maximum Gasteiger partial charge on any atom is 0.341 e. The Morgan fingerprint density at radius 3 is 2.74 bits per heavy atom. The summed E-state index contributed by atoms with van der Waals surface area (Å²) < 4.78 is 4.94. The minimum absolute atomic E-state index is 0.333. The molecule has 0 aromatic carbocycles. The van der Waals surface area contributed by atoms with Crippen LogP contribution in [0.3, 0.4) is 0 Å². The van der Waals surface area contributed by atoms with E-state index in [2.05, 4.69) is 15.0 Å². The highest BCUT2D eigenvalue weighted by atomic mass is 16.5. The molecule has 0 saturated carbocycles. The molecule has 2 aromatic heterocycles. The van der Waals surface area contributed by atoms with Crippen LogP contribution in [0, 0.1) is 13.8 Å². The number of carbonyl (C=O) groups excluding carboxylic acids is 1. The Morgan fingerprint density at radius 1 is 1.32 bits per heavy atom. The Morgan fingerprint density at radius 2 is 2.11 bits per heavy atom. The van der Waals surface area contributed by atoms with E-state index in [4.69, 9.17) is 4.74 Å². The first-order chi connectivity index (χ1) is 9.13. The van der Waals surface area contributed by atoms with Gasteiger partial charge in [-0.05, 0) is 32.4 Å². The van der Waals surface area contributed by atoms with E-state index >= 15 is 0 Å². The predicted octanol–water partition coefficient (Wildman–Crippen LogP) is 2.33. The highest BCUT2D eigenvalue weighted by Crippen LogP contribution is 2.17. The van der Waals surface area contributed by atoms with Crippen LogP contribution in [0.15, 0.2) is 24.5 Å². The summed E-state index contributed by atoms with van der Waals surface area (Å²) in [5.41, 5.74) is 2.69. The molecule has 0 aliphatic carbocycles. The number of nitrogens with zero attached hydrogens (tertiary/aromatic N) is 3. The van der Waals surface area contributed by atoms with E-state index in [1.807, 2.05) is 19.1 Å². The first-order valence-corrected chi connectivity index (χ1v) is 6.06. The number of pyridine rings is 1. The van der Waals surface area contributed by atoms with Crippen LogP contribution >= 0.6 is 0 Å². The minimum atomic E-state index is -0.399. The van der Waals surface area contributed by atoms with E-state index in [0.29, 0.717) is 23.7 Å². The lowest BCUT2D eigenvalue weighted by molar-refractivity contribution is 0.0524. The van der Waals surface area contributed by atoms with Crippen molar-refractivity contribution in [1.82, 2.24) is 15.0 Å². The van der Waals surface area contributed by atoms with E-state index in [1.54, 1.807) is 20.0 Å². The van der Waals surface area contributed by atoms with Gasteiger partial charge in [-0.3, -0.25) is 4.98 Å². The number of carbonyl (C=O) groups is 1. The molecule has 98 valence electrons. The molecule has 0 N–H and O–H groups in total. The van der Waals surface area contributed by atoms with Gasteiger partial charge in [-0.1, -0.05) is 6.07 Å². The van der Waals surface area contributed by atoms with Crippen LogP contribution in [-0.2, 0) is 4.74 Å². The highest BCUT2D eigenvalue weighted by Gasteiger charge is 2.14. The maximum atomic E-state index is 11.7. The number of hydrogen-bond donors (Lipinski definition) is 0. The molecule has 0 aliphatic heterocycles. The van der Waals surface area contributed by atoms with Crippen molar-refractivity contribution in [2.75, 3.05) is 6.61 Å². The van der Waals surface area contributed by atoms with Crippen molar-refractivity contribution >= 4 is 5.97 Å². The summed E-state index contributed by atoms with van der Waals surface area (Å²) in [6, 6.07) is 3.80. The molecule has 5 nitrogen and oxygen atoms in total. The first-order valence-electron chi connectivity index (χ1n) is 6.06. The third-order valence-corrected chi connectivity index (χ3v) is 2.70. The molecule has 0 fully saturated rings. The summed E-state index contributed by atoms with van der Waals surface area (Å²) >= 11 is 0. The average Bonchev–Trinajstić information content (AvgIpc) is 2.39. The average molecular weight is 257 g/mol. The smallest absolute Gasteiger partial charge is 0.341 e. The van der Waals surface area contributed by atoms with Gasteiger partial charge in [0.05, 0.1) is 17.9 Å². The molecule has 0 aliphatic rings. The largest absolute Gasteiger partial charge is 0.462 e. The monoisotopic (exact) mass is 257 g/mol. The van der Waals surface area contributed by atoms with Crippen LogP contribution in [0.25, 0.3) is 11.5 Å². The Hall–Kier alpha value is -2.30. The van der Waals surface area contributed by atoms with Gasteiger partial charge < -0.3 is 4.74 Å². The summed E-state index contributed by atoms with van der Waals surface area (Å²) in [7, 11) is 0. The van der Waals surface area contributed by atoms with Gasteiger partial charge in [0.25, 0.3) is 0 Å². The Kier molecular flexibility index (Phi) is 3.85. The summed E-state index contributed by atoms with van der Waals surface area (Å²) in [4.78, 5) is 24.5. The normalized spacial score (nSPS) is 10.3. The lowest BCUT2D eigenvalue weighted by Crippen LogP contribution is -2.09. The lowest BCUT2D eigenvalue weighted by atomic mass is 10.2. The third-order valence-electron chi connectivity index (χ3n) is 2.70. The van der Waals surface area contributed by atoms with E-state index in [-0.39, 0.29) is 0 Å². The van der Waals surface area contributed by atoms with E-state index in [0.717, 1.165) is 11.3 Å². The second-order valence-corrected chi connectivity index (χ2v) is 4.08. The molecule has 0 spiro atoms. The third kappa shape index (κ3) is 2.76. The Bertz CT molecular complexity index is 611. The molecule has 2 rings (SSSR count). The van der Waals surface area contributed by atoms with Gasteiger partial charge >= 0.3 is 5.97 Å². The van der Waals surface area contributed by atoms with Crippen LogP contribution in [0.4, 0.5) is 0 Å². The van der Waals surface area contributed by atoms with Crippen LogP contribution in [0.2, 0.25) is 0 Å². The van der Waals surface area contributed by atoms with E-state index in [9.17, 15) is 4.79 Å². The van der Waals surface area contributed by atoms with Gasteiger partial charge in [-0.15, -0.1) is 0 Å². The number of ether oxygens (including phenoxy) is 1. The molecule has 0 atom stereocenters. The van der Waals surface area contributed by atoms with Gasteiger partial charge in [0, 0.05) is 12.4 Å². The highest BCUT2D eigenvalue weighted by molar-refractivity contribution is 5.90. The molecular weight excluding hydrogens is 242 g/mol. The topological polar surface area (TPSA) is 65.0 Å². The molecular formula is C14H15N3O2. The second-order valence-electron chi connectivity index (χ2n) is 4.08. The molecule has 0 bridgehead atoms. The first kappa shape index (κ1) is 13.1. The van der Waals surface area contributed by atoms with E-state index in [1.165, 1.54) is 6.20 Å². The minimum Gasteiger partial charge on any atom is -0.462 e. The summed E-state index contributed by atoms with van der Waals surface area (Å²) in [5.74, 6) is 0.118. The van der Waals surface area contributed by atoms with Gasteiger partial charge in [0.2, 0.25) is 0 Å². The molecule has 2 aromatic rings. The number of rotatable bonds is 3. The van der Waals surface area contributed by atoms with Crippen molar-refractivity contribution in [2.24, 2.45) is 0 Å². The summed E-state index contributed by atoms with van der Waals surface area (Å²) in [6.45, 7) is 5.80. The maximum absolute atomic E-state index is 11.7. The number of esters is 1. The van der Waals surface area contributed by atoms with Crippen molar-refractivity contribution in [1.29, 1.82) is 0 Å². The van der Waals surface area contributed by atoms with Gasteiger partial charge in [-0.2, -0.15) is 0 Å². The van der Waals surface area contributed by atoms with Gasteiger partial charge in [-0.25, -0.2) is 14.8 Å². The molecule has 0 radical (unpaired) electrons. The van der Waals surface area contributed by atoms with Crippen LogP contribution in [-0.4, -0.2) is 27.5 Å². The second kappa shape index (κ2) is 5.56. The van der Waals surface area contributed by atoms with Gasteiger partial charge in [0.1, 0.15) is 5.69 Å². The van der Waals surface area contributed by atoms with Crippen molar-refractivity contribution in [3.63, 3.8) is 0 Å². The molecule has 5 heteroatoms. The van der Waals surface area contributed by atoms with Crippen molar-refractivity contribution in [3.05, 3.63) is 41.3 Å². The van der Waals surface area contributed by atoms with Crippen LogP contribution < -0.4 is 0 Å². The standard InChI is InChI=1S/C14H15N3O2/c1-4-19-14(18)11-8-16-13(17-10(11)3)12-9(2)6-5-7-15-12/h5-8H,4H2,1-3H3. The van der Waals surface area contributed by atoms with Crippen LogP contribution in [0.1, 0.15) is 28.5 Å². The van der Waals surface area contributed by atoms with Crippen LogP contribution in [0.5, 0.6) is 0 Å². The molecule has 0 amide bonds. The van der Waals surface area contributed by atoms with Crippen molar-refractivity contribution in [3.8, 4) is 11.5 Å². The lowest BCUT2D eigenvalue weighted by Gasteiger charge is -2.07. The SMILES string of the molecule is CCOC(=O)c1cnc(-c2ncccc2C)nc1C. The van der Waals surface area contributed by atoms with Crippen molar-refractivity contribution < 1.29 is 9.53 Å². The number of hydrogen-bond acceptors (Lipinski definition) is 5. The van der Waals surface area contributed by atoms with Crippen molar-refractivity contribution in [2.45, 2.75) is 20.8 Å². The number of aryl methyl sites for hydroxylation is 2. The molecule has 0 saturated heterocycles. The molecule has 2 heterocycles. The zero-order valence-corrected chi connectivity index (χ0v) is 11.2. The number of aromatic nitrogens is 3. The molecule has 19 heavy (non-hydrogen) atoms. The quantitative estimate of drug-likeness (QED) is 0.789. The zero-order valence-electron chi connectivity index (χ0n) is 11.2. The zero-order chi connectivity index (χ0) is 13.8. The van der Waals surface area contributed by atoms with Gasteiger partial charge in [0.15, 0.2) is 5.82 Å². The summed E-state index contributed by atoms with van der Waals surface area (Å²) in [5, 5.41) is 0. The summed E-state index contributed by atoms with van der Waals surface area (Å²) in [6.07, 6.45) is 3.18. The predicted molar refractivity (Wildman–Crippen MR) is 70.7 cm³/mol. The molecule has 0 unspecified atom stereocenters. The Balaban J connectivity index is 2.39. The fourth-order valence-electron chi connectivity index (χ4n) is 1.71. The Labute approximate surface area is 111 Å². The van der Waals surface area contributed by atoms with E-state index < -0.39 is 5.97 Å². The fourth-order valence-corrected chi connectivity index (χ4v) is 1.71.